The highest BCUT2D eigenvalue weighted by molar-refractivity contribution is 7.89. The molecule has 0 atom stereocenters. The predicted octanol–water partition coefficient (Wildman–Crippen LogP) is 2.68. The third kappa shape index (κ3) is 4.31. The summed E-state index contributed by atoms with van der Waals surface area (Å²) in [5, 5.41) is 9.19. The maximum absolute atomic E-state index is 12.5. The number of sulfonamides is 1. The summed E-state index contributed by atoms with van der Waals surface area (Å²) < 4.78 is 64.0. The second-order valence-electron chi connectivity index (χ2n) is 4.77. The molecule has 0 aliphatic rings. The molecule has 0 aromatic heterocycles. The molecule has 0 aliphatic heterocycles. The number of hydrogen-bond acceptors (Lipinski definition) is 3. The molecule has 0 fully saturated rings. The maximum atomic E-state index is 12.5. The minimum absolute atomic E-state index is 0.0694. The first-order valence-electron chi connectivity index (χ1n) is 6.58. The van der Waals surface area contributed by atoms with Gasteiger partial charge in [0.2, 0.25) is 10.0 Å². The minimum atomic E-state index is -4.52. The monoisotopic (exact) mass is 345 g/mol. The van der Waals surface area contributed by atoms with Gasteiger partial charge in [-0.05, 0) is 35.4 Å². The van der Waals surface area contributed by atoms with E-state index in [1.54, 1.807) is 24.3 Å². The predicted molar refractivity (Wildman–Crippen MR) is 77.8 cm³/mol. The van der Waals surface area contributed by atoms with Crippen LogP contribution in [-0.4, -0.2) is 13.5 Å². The van der Waals surface area contributed by atoms with Gasteiger partial charge in [-0.3, -0.25) is 0 Å². The Morgan fingerprint density at radius 1 is 0.957 bits per heavy atom. The molecule has 0 radical (unpaired) electrons. The zero-order chi connectivity index (χ0) is 17.1. The quantitative estimate of drug-likeness (QED) is 0.876. The van der Waals surface area contributed by atoms with Gasteiger partial charge >= 0.3 is 6.18 Å². The Kier molecular flexibility index (Phi) is 5.08. The summed E-state index contributed by atoms with van der Waals surface area (Å²) in [6.07, 6.45) is -4.52. The first-order valence-corrected chi connectivity index (χ1v) is 8.07. The van der Waals surface area contributed by atoms with Crippen molar-refractivity contribution in [2.75, 3.05) is 0 Å². The molecule has 2 aromatic carbocycles. The summed E-state index contributed by atoms with van der Waals surface area (Å²) in [7, 11) is -3.94. The molecule has 0 spiro atoms. The number of alkyl halides is 3. The molecule has 2 N–H and O–H groups in total. The average molecular weight is 345 g/mol. The van der Waals surface area contributed by atoms with E-state index < -0.39 is 21.8 Å². The first kappa shape index (κ1) is 17.5. The molecule has 2 aromatic rings. The second kappa shape index (κ2) is 6.69. The van der Waals surface area contributed by atoms with E-state index in [1.165, 1.54) is 0 Å². The van der Waals surface area contributed by atoms with Crippen molar-refractivity contribution in [3.8, 4) is 0 Å². The molecule has 4 nitrogen and oxygen atoms in total. The van der Waals surface area contributed by atoms with E-state index in [4.69, 9.17) is 0 Å². The van der Waals surface area contributed by atoms with Crippen LogP contribution >= 0.6 is 0 Å². The lowest BCUT2D eigenvalue weighted by Crippen LogP contribution is -2.24. The largest absolute Gasteiger partial charge is 0.416 e. The maximum Gasteiger partial charge on any atom is 0.416 e. The fraction of sp³-hybridized carbons (Fsp3) is 0.200. The molecule has 0 unspecified atom stereocenters. The molecule has 0 amide bonds. The lowest BCUT2D eigenvalue weighted by Gasteiger charge is -2.11. The molecule has 0 aliphatic carbocycles. The molecular formula is C15H14F3NO3S. The van der Waals surface area contributed by atoms with Gasteiger partial charge in [-0.15, -0.1) is 0 Å². The van der Waals surface area contributed by atoms with Crippen LogP contribution in [0.3, 0.4) is 0 Å². The Morgan fingerprint density at radius 3 is 2.04 bits per heavy atom. The van der Waals surface area contributed by atoms with Crippen molar-refractivity contribution in [3.05, 3.63) is 65.2 Å². The first-order chi connectivity index (χ1) is 10.7. The second-order valence-corrected chi connectivity index (χ2v) is 6.54. The van der Waals surface area contributed by atoms with Crippen molar-refractivity contribution in [2.45, 2.75) is 24.2 Å². The number of hydrogen-bond donors (Lipinski definition) is 2. The van der Waals surface area contributed by atoms with Crippen molar-refractivity contribution < 1.29 is 26.7 Å². The standard InChI is InChI=1S/C15H14F3NO3S/c16-15(17,18)13-5-7-14(8-6-13)23(21,22)19-9-11-3-1-2-4-12(11)10-20/h1-8,19-20H,9-10H2. The zero-order valence-corrected chi connectivity index (χ0v) is 12.7. The van der Waals surface area contributed by atoms with Gasteiger partial charge in [0.1, 0.15) is 0 Å². The van der Waals surface area contributed by atoms with Crippen LogP contribution in [0.2, 0.25) is 0 Å². The SMILES string of the molecule is O=S(=O)(NCc1ccccc1CO)c1ccc(C(F)(F)F)cc1. The number of halogens is 3. The van der Waals surface area contributed by atoms with Gasteiger partial charge in [-0.25, -0.2) is 13.1 Å². The van der Waals surface area contributed by atoms with Gasteiger partial charge in [-0.1, -0.05) is 24.3 Å². The molecule has 124 valence electrons. The summed E-state index contributed by atoms with van der Waals surface area (Å²) in [4.78, 5) is -0.257. The molecule has 2 rings (SSSR count). The van der Waals surface area contributed by atoms with Gasteiger partial charge in [0.25, 0.3) is 0 Å². The fourth-order valence-corrected chi connectivity index (χ4v) is 2.97. The summed E-state index contributed by atoms with van der Waals surface area (Å²) >= 11 is 0. The van der Waals surface area contributed by atoms with E-state index >= 15 is 0 Å². The summed E-state index contributed by atoms with van der Waals surface area (Å²) in [6, 6.07) is 9.96. The molecule has 8 heteroatoms. The Bertz CT molecular complexity index is 771. The molecule has 0 saturated heterocycles. The molecule has 0 saturated carbocycles. The van der Waals surface area contributed by atoms with Crippen LogP contribution in [0.5, 0.6) is 0 Å². The van der Waals surface area contributed by atoms with E-state index in [2.05, 4.69) is 4.72 Å². The fourth-order valence-electron chi connectivity index (χ4n) is 1.96. The van der Waals surface area contributed by atoms with Gasteiger partial charge in [0.15, 0.2) is 0 Å². The van der Waals surface area contributed by atoms with Gasteiger partial charge in [0.05, 0.1) is 17.1 Å². The number of benzene rings is 2. The normalized spacial score (nSPS) is 12.3. The van der Waals surface area contributed by atoms with Crippen LogP contribution in [0.15, 0.2) is 53.4 Å². The van der Waals surface area contributed by atoms with Crippen LogP contribution < -0.4 is 4.72 Å². The van der Waals surface area contributed by atoms with Crippen LogP contribution in [0.25, 0.3) is 0 Å². The summed E-state index contributed by atoms with van der Waals surface area (Å²) in [5.41, 5.74) is 0.246. The number of aliphatic hydroxyl groups excluding tert-OH is 1. The number of aliphatic hydroxyl groups is 1. The van der Waals surface area contributed by atoms with Gasteiger partial charge in [0, 0.05) is 6.54 Å². The highest BCUT2D eigenvalue weighted by Gasteiger charge is 2.30. The van der Waals surface area contributed by atoms with E-state index in [9.17, 15) is 26.7 Å². The lowest BCUT2D eigenvalue weighted by atomic mass is 10.1. The zero-order valence-electron chi connectivity index (χ0n) is 11.8. The van der Waals surface area contributed by atoms with Crippen molar-refractivity contribution in [1.29, 1.82) is 0 Å². The van der Waals surface area contributed by atoms with Crippen molar-refractivity contribution in [2.24, 2.45) is 0 Å². The van der Waals surface area contributed by atoms with E-state index in [1.807, 2.05) is 0 Å². The smallest absolute Gasteiger partial charge is 0.392 e. The molecule has 0 bridgehead atoms. The van der Waals surface area contributed by atoms with Gasteiger partial charge < -0.3 is 5.11 Å². The van der Waals surface area contributed by atoms with Crippen molar-refractivity contribution in [1.82, 2.24) is 4.72 Å². The average Bonchev–Trinajstić information content (AvgIpc) is 2.52. The van der Waals surface area contributed by atoms with Gasteiger partial charge in [-0.2, -0.15) is 13.2 Å². The van der Waals surface area contributed by atoms with Crippen LogP contribution in [0, 0.1) is 0 Å². The summed E-state index contributed by atoms with van der Waals surface area (Å²) in [6.45, 7) is -0.307. The Balaban J connectivity index is 2.16. The van der Waals surface area contributed by atoms with E-state index in [0.717, 1.165) is 24.3 Å². The highest BCUT2D eigenvalue weighted by Crippen LogP contribution is 2.29. The highest BCUT2D eigenvalue weighted by atomic mass is 32.2. The number of rotatable bonds is 5. The van der Waals surface area contributed by atoms with Crippen molar-refractivity contribution >= 4 is 10.0 Å². The van der Waals surface area contributed by atoms with Crippen LogP contribution in [0.4, 0.5) is 13.2 Å². The molecule has 0 heterocycles. The van der Waals surface area contributed by atoms with Crippen LogP contribution in [-0.2, 0) is 29.4 Å². The third-order valence-electron chi connectivity index (χ3n) is 3.23. The summed E-state index contributed by atoms with van der Waals surface area (Å²) in [5.74, 6) is 0. The molecule has 23 heavy (non-hydrogen) atoms. The van der Waals surface area contributed by atoms with Crippen molar-refractivity contribution in [3.63, 3.8) is 0 Å². The van der Waals surface area contributed by atoms with Crippen LogP contribution in [0.1, 0.15) is 16.7 Å². The van der Waals surface area contributed by atoms with E-state index in [-0.39, 0.29) is 18.0 Å². The topological polar surface area (TPSA) is 66.4 Å². The Labute approximate surface area is 131 Å². The molecular weight excluding hydrogens is 331 g/mol. The third-order valence-corrected chi connectivity index (χ3v) is 4.65. The van der Waals surface area contributed by atoms with E-state index in [0.29, 0.717) is 11.1 Å². The minimum Gasteiger partial charge on any atom is -0.392 e. The number of nitrogens with one attached hydrogen (secondary N) is 1. The Hall–Kier alpha value is -1.90. The lowest BCUT2D eigenvalue weighted by molar-refractivity contribution is -0.137. The Morgan fingerprint density at radius 2 is 1.52 bits per heavy atom.